The summed E-state index contributed by atoms with van der Waals surface area (Å²) in [5.41, 5.74) is 3.66. The van der Waals surface area contributed by atoms with Crippen molar-refractivity contribution in [3.63, 3.8) is 0 Å². The SMILES string of the molecule is Cc1ccc(NC(=O)NC(=O)COc2nc3ccccc3nc2C)cc1. The first-order valence-corrected chi connectivity index (χ1v) is 8.05. The van der Waals surface area contributed by atoms with Crippen LogP contribution in [0.4, 0.5) is 10.5 Å². The van der Waals surface area contributed by atoms with Gasteiger partial charge in [0.25, 0.3) is 5.91 Å². The van der Waals surface area contributed by atoms with Gasteiger partial charge < -0.3 is 10.1 Å². The number of imide groups is 1. The van der Waals surface area contributed by atoms with Crippen molar-refractivity contribution in [2.45, 2.75) is 13.8 Å². The van der Waals surface area contributed by atoms with Gasteiger partial charge >= 0.3 is 6.03 Å². The second kappa shape index (κ2) is 7.60. The number of aromatic nitrogens is 2. The Bertz CT molecular complexity index is 955. The highest BCUT2D eigenvalue weighted by atomic mass is 16.5. The van der Waals surface area contributed by atoms with Crippen LogP contribution in [0.25, 0.3) is 11.0 Å². The molecule has 7 nitrogen and oxygen atoms in total. The predicted molar refractivity (Wildman–Crippen MR) is 98.1 cm³/mol. The largest absolute Gasteiger partial charge is 0.466 e. The van der Waals surface area contributed by atoms with Gasteiger partial charge in [-0.15, -0.1) is 0 Å². The van der Waals surface area contributed by atoms with E-state index in [0.29, 0.717) is 16.9 Å². The molecule has 132 valence electrons. The Kier molecular flexibility index (Phi) is 5.07. The number of fused-ring (bicyclic) bond motifs is 1. The van der Waals surface area contributed by atoms with Crippen LogP contribution in [0, 0.1) is 13.8 Å². The molecule has 2 aromatic carbocycles. The first-order valence-electron chi connectivity index (χ1n) is 8.05. The van der Waals surface area contributed by atoms with Crippen LogP contribution in [0.5, 0.6) is 5.88 Å². The van der Waals surface area contributed by atoms with Crippen LogP contribution in [0.1, 0.15) is 11.3 Å². The minimum atomic E-state index is -0.622. The summed E-state index contributed by atoms with van der Waals surface area (Å²) in [6.07, 6.45) is 0. The molecule has 0 aliphatic rings. The van der Waals surface area contributed by atoms with Crippen molar-refractivity contribution >= 4 is 28.7 Å². The Labute approximate surface area is 150 Å². The van der Waals surface area contributed by atoms with Gasteiger partial charge in [-0.3, -0.25) is 10.1 Å². The highest BCUT2D eigenvalue weighted by Crippen LogP contribution is 2.17. The molecule has 3 rings (SSSR count). The number of hydrogen-bond acceptors (Lipinski definition) is 5. The first kappa shape index (κ1) is 17.3. The van der Waals surface area contributed by atoms with Crippen LogP contribution in [-0.2, 0) is 4.79 Å². The summed E-state index contributed by atoms with van der Waals surface area (Å²) in [4.78, 5) is 32.5. The molecule has 3 amide bonds. The maximum atomic E-state index is 11.9. The molecule has 3 aromatic rings. The maximum absolute atomic E-state index is 11.9. The number of benzene rings is 2. The van der Waals surface area contributed by atoms with Crippen molar-refractivity contribution in [1.82, 2.24) is 15.3 Å². The van der Waals surface area contributed by atoms with E-state index in [4.69, 9.17) is 4.74 Å². The van der Waals surface area contributed by atoms with Gasteiger partial charge in [0.1, 0.15) is 5.69 Å². The minimum absolute atomic E-state index is 0.262. The van der Waals surface area contributed by atoms with E-state index in [0.717, 1.165) is 11.1 Å². The van der Waals surface area contributed by atoms with E-state index in [-0.39, 0.29) is 12.5 Å². The zero-order valence-corrected chi connectivity index (χ0v) is 14.4. The highest BCUT2D eigenvalue weighted by molar-refractivity contribution is 6.01. The van der Waals surface area contributed by atoms with Crippen molar-refractivity contribution in [2.24, 2.45) is 0 Å². The van der Waals surface area contributed by atoms with Gasteiger partial charge in [0.2, 0.25) is 5.88 Å². The zero-order chi connectivity index (χ0) is 18.5. The molecule has 0 radical (unpaired) electrons. The van der Waals surface area contributed by atoms with E-state index >= 15 is 0 Å². The van der Waals surface area contributed by atoms with E-state index in [1.54, 1.807) is 19.1 Å². The molecular weight excluding hydrogens is 332 g/mol. The van der Waals surface area contributed by atoms with Crippen LogP contribution < -0.4 is 15.4 Å². The molecule has 1 aromatic heterocycles. The number of urea groups is 1. The second-order valence-corrected chi connectivity index (χ2v) is 5.76. The number of para-hydroxylation sites is 2. The van der Waals surface area contributed by atoms with Gasteiger partial charge in [-0.05, 0) is 38.1 Å². The fourth-order valence-corrected chi connectivity index (χ4v) is 2.30. The lowest BCUT2D eigenvalue weighted by molar-refractivity contribution is -0.122. The monoisotopic (exact) mass is 350 g/mol. The Morgan fingerprint density at radius 3 is 2.31 bits per heavy atom. The Morgan fingerprint density at radius 2 is 1.62 bits per heavy atom. The summed E-state index contributed by atoms with van der Waals surface area (Å²) in [6.45, 7) is 3.36. The topological polar surface area (TPSA) is 93.2 Å². The molecule has 0 aliphatic heterocycles. The Morgan fingerprint density at radius 1 is 0.962 bits per heavy atom. The van der Waals surface area contributed by atoms with Crippen molar-refractivity contribution in [2.75, 3.05) is 11.9 Å². The summed E-state index contributed by atoms with van der Waals surface area (Å²) in [5.74, 6) is -0.318. The van der Waals surface area contributed by atoms with Crippen LogP contribution in [0.3, 0.4) is 0 Å². The number of anilines is 1. The molecule has 0 unspecified atom stereocenters. The van der Waals surface area contributed by atoms with Crippen molar-refractivity contribution in [1.29, 1.82) is 0 Å². The summed E-state index contributed by atoms with van der Waals surface area (Å²) in [7, 11) is 0. The van der Waals surface area contributed by atoms with E-state index in [2.05, 4.69) is 20.6 Å². The molecule has 0 fully saturated rings. The van der Waals surface area contributed by atoms with Crippen LogP contribution in [0.2, 0.25) is 0 Å². The third kappa shape index (κ3) is 4.32. The fraction of sp³-hybridized carbons (Fsp3) is 0.158. The number of nitrogens with one attached hydrogen (secondary N) is 2. The smallest absolute Gasteiger partial charge is 0.325 e. The third-order valence-corrected chi connectivity index (χ3v) is 3.60. The number of carbonyl (C=O) groups is 2. The molecule has 1 heterocycles. The van der Waals surface area contributed by atoms with Gasteiger partial charge in [-0.2, -0.15) is 0 Å². The van der Waals surface area contributed by atoms with Crippen LogP contribution in [-0.4, -0.2) is 28.5 Å². The number of carbonyl (C=O) groups excluding carboxylic acids is 2. The first-order chi connectivity index (χ1) is 12.5. The summed E-state index contributed by atoms with van der Waals surface area (Å²) >= 11 is 0. The number of nitrogens with zero attached hydrogens (tertiary/aromatic N) is 2. The lowest BCUT2D eigenvalue weighted by Crippen LogP contribution is -2.37. The number of ether oxygens (including phenoxy) is 1. The number of rotatable bonds is 4. The van der Waals surface area contributed by atoms with Gasteiger partial charge in [-0.1, -0.05) is 29.8 Å². The van der Waals surface area contributed by atoms with Crippen molar-refractivity contribution < 1.29 is 14.3 Å². The van der Waals surface area contributed by atoms with Gasteiger partial charge in [0.05, 0.1) is 11.0 Å². The molecule has 0 saturated heterocycles. The zero-order valence-electron chi connectivity index (χ0n) is 14.4. The van der Waals surface area contributed by atoms with Gasteiger partial charge in [0.15, 0.2) is 6.61 Å². The Balaban J connectivity index is 1.56. The van der Waals surface area contributed by atoms with Gasteiger partial charge in [-0.25, -0.2) is 14.8 Å². The van der Waals surface area contributed by atoms with E-state index in [9.17, 15) is 9.59 Å². The molecule has 0 spiro atoms. The fourth-order valence-electron chi connectivity index (χ4n) is 2.30. The van der Waals surface area contributed by atoms with Crippen molar-refractivity contribution in [3.8, 4) is 5.88 Å². The van der Waals surface area contributed by atoms with E-state index < -0.39 is 11.9 Å². The van der Waals surface area contributed by atoms with Crippen LogP contribution >= 0.6 is 0 Å². The lowest BCUT2D eigenvalue weighted by atomic mass is 10.2. The highest BCUT2D eigenvalue weighted by Gasteiger charge is 2.11. The molecule has 0 saturated carbocycles. The van der Waals surface area contributed by atoms with Gasteiger partial charge in [0, 0.05) is 5.69 Å². The molecule has 0 bridgehead atoms. The predicted octanol–water partition coefficient (Wildman–Crippen LogP) is 2.97. The number of amides is 3. The lowest BCUT2D eigenvalue weighted by Gasteiger charge is -2.09. The quantitative estimate of drug-likeness (QED) is 0.754. The third-order valence-electron chi connectivity index (χ3n) is 3.60. The average molecular weight is 350 g/mol. The number of hydrogen-bond donors (Lipinski definition) is 2. The molecular formula is C19H18N4O3. The second-order valence-electron chi connectivity index (χ2n) is 5.76. The normalized spacial score (nSPS) is 10.4. The summed E-state index contributed by atoms with van der Waals surface area (Å²) in [6, 6.07) is 14.0. The maximum Gasteiger partial charge on any atom is 0.325 e. The van der Waals surface area contributed by atoms with E-state index in [1.165, 1.54) is 0 Å². The van der Waals surface area contributed by atoms with Crippen LogP contribution in [0.15, 0.2) is 48.5 Å². The molecule has 0 aliphatic carbocycles. The molecule has 0 atom stereocenters. The summed E-state index contributed by atoms with van der Waals surface area (Å²) < 4.78 is 5.41. The molecule has 26 heavy (non-hydrogen) atoms. The average Bonchev–Trinajstić information content (AvgIpc) is 2.62. The molecule has 2 N–H and O–H groups in total. The minimum Gasteiger partial charge on any atom is -0.466 e. The number of aryl methyl sites for hydroxylation is 2. The van der Waals surface area contributed by atoms with Crippen molar-refractivity contribution in [3.05, 3.63) is 59.8 Å². The molecule has 7 heteroatoms. The Hall–Kier alpha value is -3.48. The standard InChI is InChI=1S/C19H18N4O3/c1-12-7-9-14(10-8-12)21-19(25)23-17(24)11-26-18-13(2)20-15-5-3-4-6-16(15)22-18/h3-10H,11H2,1-2H3,(H2,21,23,24,25). The van der Waals surface area contributed by atoms with E-state index in [1.807, 2.05) is 43.3 Å². The summed E-state index contributed by atoms with van der Waals surface area (Å²) in [5, 5.41) is 4.79.